The minimum absolute atomic E-state index is 0.489. The van der Waals surface area contributed by atoms with Crippen LogP contribution in [0.25, 0.3) is 5.70 Å². The Bertz CT molecular complexity index is 635. The molecule has 0 aliphatic rings. The normalized spacial score (nSPS) is 11.1. The van der Waals surface area contributed by atoms with Crippen LogP contribution < -0.4 is 5.32 Å². The number of para-hydroxylation sites is 1. The van der Waals surface area contributed by atoms with E-state index >= 15 is 0 Å². The van der Waals surface area contributed by atoms with E-state index in [-0.39, 0.29) is 0 Å². The Morgan fingerprint density at radius 2 is 2.26 bits per heavy atom. The molecule has 1 N–H and O–H groups in total. The Labute approximate surface area is 117 Å². The average Bonchev–Trinajstić information content (AvgIpc) is 2.89. The topological polar surface area (TPSA) is 48.7 Å². The summed E-state index contributed by atoms with van der Waals surface area (Å²) in [6.45, 7) is 4.14. The molecule has 2 aromatic rings. The molecule has 0 amide bonds. The monoisotopic (exact) mass is 269 g/mol. The van der Waals surface area contributed by atoms with E-state index in [1.54, 1.807) is 0 Å². The number of aromatic nitrogens is 1. The van der Waals surface area contributed by atoms with Crippen molar-refractivity contribution < 1.29 is 0 Å². The Hall–Kier alpha value is -2.12. The van der Waals surface area contributed by atoms with Crippen LogP contribution in [0, 0.1) is 18.3 Å². The average molecular weight is 269 g/mol. The molecular formula is C15H15N3S. The highest BCUT2D eigenvalue weighted by molar-refractivity contribution is 7.10. The minimum atomic E-state index is 0.489. The van der Waals surface area contributed by atoms with E-state index in [9.17, 15) is 0 Å². The van der Waals surface area contributed by atoms with Crippen LogP contribution >= 0.6 is 11.3 Å². The number of nitrogens with one attached hydrogen (secondary N) is 1. The van der Waals surface area contributed by atoms with E-state index in [1.165, 1.54) is 16.9 Å². The lowest BCUT2D eigenvalue weighted by atomic mass is 10.2. The minimum Gasteiger partial charge on any atom is -0.354 e. The van der Waals surface area contributed by atoms with Crippen molar-refractivity contribution in [1.29, 1.82) is 5.26 Å². The highest BCUT2D eigenvalue weighted by atomic mass is 32.1. The number of anilines is 1. The van der Waals surface area contributed by atoms with Crippen molar-refractivity contribution in [3.8, 4) is 6.07 Å². The van der Waals surface area contributed by atoms with Gasteiger partial charge in [0.05, 0.1) is 11.4 Å². The number of thiazole rings is 1. The number of hydrogen-bond donors (Lipinski definition) is 1. The highest BCUT2D eigenvalue weighted by Gasteiger charge is 2.08. The molecule has 0 fully saturated rings. The fraction of sp³-hybridized carbons (Fsp3) is 0.200. The van der Waals surface area contributed by atoms with E-state index in [4.69, 9.17) is 5.26 Å². The van der Waals surface area contributed by atoms with Gasteiger partial charge in [0.25, 0.3) is 0 Å². The van der Waals surface area contributed by atoms with Crippen LogP contribution in [0.4, 0.5) is 5.69 Å². The number of rotatable bonds is 4. The molecule has 0 bridgehead atoms. The van der Waals surface area contributed by atoms with Crippen LogP contribution in [0.3, 0.4) is 0 Å². The van der Waals surface area contributed by atoms with Gasteiger partial charge in [-0.2, -0.15) is 5.26 Å². The first-order valence-corrected chi connectivity index (χ1v) is 7.01. The van der Waals surface area contributed by atoms with Gasteiger partial charge < -0.3 is 5.32 Å². The summed E-state index contributed by atoms with van der Waals surface area (Å²) in [5.41, 5.74) is 4.02. The van der Waals surface area contributed by atoms with E-state index < -0.39 is 0 Å². The zero-order chi connectivity index (χ0) is 13.7. The second-order valence-electron chi connectivity index (χ2n) is 4.12. The van der Waals surface area contributed by atoms with Crippen molar-refractivity contribution in [3.05, 3.63) is 52.0 Å². The Balaban J connectivity index is 2.30. The van der Waals surface area contributed by atoms with Gasteiger partial charge in [0, 0.05) is 11.1 Å². The molecule has 1 heterocycles. The number of allylic oxidation sites excluding steroid dienone is 1. The second kappa shape index (κ2) is 6.17. The first-order chi connectivity index (χ1) is 9.24. The fourth-order valence-electron chi connectivity index (χ4n) is 1.73. The van der Waals surface area contributed by atoms with Crippen LogP contribution in [0.1, 0.15) is 29.6 Å². The van der Waals surface area contributed by atoms with Crippen molar-refractivity contribution in [2.45, 2.75) is 20.3 Å². The van der Waals surface area contributed by atoms with Crippen LogP contribution in [0.5, 0.6) is 0 Å². The van der Waals surface area contributed by atoms with E-state index in [1.807, 2.05) is 23.6 Å². The lowest BCUT2D eigenvalue weighted by Crippen LogP contribution is -2.01. The molecule has 19 heavy (non-hydrogen) atoms. The SMILES string of the molecule is CC/C=C(/Nc1ccccc1C)c1csc(C#N)n1. The van der Waals surface area contributed by atoms with Gasteiger partial charge in [-0.3, -0.25) is 0 Å². The van der Waals surface area contributed by atoms with E-state index in [0.717, 1.165) is 23.5 Å². The molecule has 0 radical (unpaired) electrons. The fourth-order valence-corrected chi connectivity index (χ4v) is 2.34. The van der Waals surface area contributed by atoms with Gasteiger partial charge in [0.1, 0.15) is 6.07 Å². The number of nitriles is 1. The number of aryl methyl sites for hydroxylation is 1. The first kappa shape index (κ1) is 13.3. The van der Waals surface area contributed by atoms with Crippen LogP contribution in [-0.4, -0.2) is 4.98 Å². The summed E-state index contributed by atoms with van der Waals surface area (Å²) in [5.74, 6) is 0. The maximum atomic E-state index is 8.85. The van der Waals surface area contributed by atoms with Gasteiger partial charge in [0.2, 0.25) is 0 Å². The molecule has 0 spiro atoms. The molecule has 2 rings (SSSR count). The second-order valence-corrected chi connectivity index (χ2v) is 4.97. The molecule has 0 aliphatic heterocycles. The molecule has 1 aromatic carbocycles. The van der Waals surface area contributed by atoms with Crippen molar-refractivity contribution in [1.82, 2.24) is 4.98 Å². The Kier molecular flexibility index (Phi) is 4.32. The lowest BCUT2D eigenvalue weighted by Gasteiger charge is -2.11. The zero-order valence-electron chi connectivity index (χ0n) is 11.0. The molecule has 0 atom stereocenters. The standard InChI is InChI=1S/C15H15N3S/c1-3-6-13(14-10-19-15(9-16)18-14)17-12-8-5-4-7-11(12)2/h4-8,10,17H,3H2,1-2H3/b13-6+. The summed E-state index contributed by atoms with van der Waals surface area (Å²) in [4.78, 5) is 4.30. The largest absolute Gasteiger partial charge is 0.354 e. The third kappa shape index (κ3) is 3.21. The van der Waals surface area contributed by atoms with Gasteiger partial charge in [-0.1, -0.05) is 31.2 Å². The summed E-state index contributed by atoms with van der Waals surface area (Å²) in [5, 5.41) is 14.6. The molecule has 4 heteroatoms. The number of nitrogens with zero attached hydrogens (tertiary/aromatic N) is 2. The predicted octanol–water partition coefficient (Wildman–Crippen LogP) is 4.19. The molecular weight excluding hydrogens is 254 g/mol. The summed E-state index contributed by atoms with van der Waals surface area (Å²) in [7, 11) is 0. The summed E-state index contributed by atoms with van der Waals surface area (Å²) in [6.07, 6.45) is 3.00. The zero-order valence-corrected chi connectivity index (χ0v) is 11.8. The van der Waals surface area contributed by atoms with Crippen molar-refractivity contribution >= 4 is 22.7 Å². The molecule has 96 valence electrons. The van der Waals surface area contributed by atoms with Crippen LogP contribution in [0.15, 0.2) is 35.7 Å². The van der Waals surface area contributed by atoms with Gasteiger partial charge in [0.15, 0.2) is 5.01 Å². The van der Waals surface area contributed by atoms with Crippen LogP contribution in [0.2, 0.25) is 0 Å². The van der Waals surface area contributed by atoms with Gasteiger partial charge in [-0.15, -0.1) is 11.3 Å². The quantitative estimate of drug-likeness (QED) is 0.905. The summed E-state index contributed by atoms with van der Waals surface area (Å²) >= 11 is 1.37. The number of benzene rings is 1. The first-order valence-electron chi connectivity index (χ1n) is 6.13. The van der Waals surface area contributed by atoms with Gasteiger partial charge >= 0.3 is 0 Å². The number of hydrogen-bond acceptors (Lipinski definition) is 4. The van der Waals surface area contributed by atoms with Crippen molar-refractivity contribution in [2.24, 2.45) is 0 Å². The molecule has 0 unspecified atom stereocenters. The third-order valence-electron chi connectivity index (χ3n) is 2.70. The van der Waals surface area contributed by atoms with Crippen molar-refractivity contribution in [2.75, 3.05) is 5.32 Å². The third-order valence-corrected chi connectivity index (χ3v) is 3.45. The van der Waals surface area contributed by atoms with Gasteiger partial charge in [-0.05, 0) is 25.0 Å². The van der Waals surface area contributed by atoms with Crippen LogP contribution in [-0.2, 0) is 0 Å². The Morgan fingerprint density at radius 1 is 1.47 bits per heavy atom. The summed E-state index contributed by atoms with van der Waals surface area (Å²) in [6, 6.07) is 10.2. The smallest absolute Gasteiger partial charge is 0.194 e. The molecule has 0 saturated heterocycles. The van der Waals surface area contributed by atoms with E-state index in [2.05, 4.69) is 42.4 Å². The lowest BCUT2D eigenvalue weighted by molar-refractivity contribution is 1.21. The molecule has 1 aromatic heterocycles. The maximum absolute atomic E-state index is 8.85. The maximum Gasteiger partial charge on any atom is 0.194 e. The molecule has 3 nitrogen and oxygen atoms in total. The van der Waals surface area contributed by atoms with E-state index in [0.29, 0.717) is 5.01 Å². The molecule has 0 aliphatic carbocycles. The van der Waals surface area contributed by atoms with Crippen molar-refractivity contribution in [3.63, 3.8) is 0 Å². The summed E-state index contributed by atoms with van der Waals surface area (Å²) < 4.78 is 0. The molecule has 0 saturated carbocycles. The van der Waals surface area contributed by atoms with Gasteiger partial charge in [-0.25, -0.2) is 4.98 Å². The predicted molar refractivity (Wildman–Crippen MR) is 79.9 cm³/mol. The Morgan fingerprint density at radius 3 is 2.89 bits per heavy atom. The highest BCUT2D eigenvalue weighted by Crippen LogP contribution is 2.23.